The lowest BCUT2D eigenvalue weighted by atomic mass is 10.1. The third-order valence-electron chi connectivity index (χ3n) is 2.57. The van der Waals surface area contributed by atoms with Crippen LogP contribution in [0.4, 0.5) is 0 Å². The summed E-state index contributed by atoms with van der Waals surface area (Å²) in [4.78, 5) is 11.5. The second-order valence-corrected chi connectivity index (χ2v) is 4.24. The quantitative estimate of drug-likeness (QED) is 0.728. The van der Waals surface area contributed by atoms with Gasteiger partial charge in [-0.25, -0.2) is 0 Å². The molecule has 0 aliphatic rings. The first-order valence-corrected chi connectivity index (χ1v) is 6.21. The smallest absolute Gasteiger partial charge is 0.157 e. The van der Waals surface area contributed by atoms with Gasteiger partial charge in [-0.05, 0) is 25.0 Å². The molecule has 2 nitrogen and oxygen atoms in total. The van der Waals surface area contributed by atoms with Crippen LogP contribution in [-0.4, -0.2) is 5.78 Å². The number of ketones is 1. The van der Waals surface area contributed by atoms with E-state index in [-0.39, 0.29) is 5.78 Å². The lowest BCUT2D eigenvalue weighted by Gasteiger charge is -2.06. The molecule has 0 amide bonds. The first-order valence-electron chi connectivity index (χ1n) is 6.21. The van der Waals surface area contributed by atoms with Crippen LogP contribution in [0.15, 0.2) is 42.1 Å². The molecule has 2 heteroatoms. The third kappa shape index (κ3) is 5.91. The van der Waals surface area contributed by atoms with E-state index >= 15 is 0 Å². The molecular formula is C15H21NO. The van der Waals surface area contributed by atoms with Gasteiger partial charge in [-0.3, -0.25) is 4.79 Å². The van der Waals surface area contributed by atoms with E-state index in [0.717, 1.165) is 25.1 Å². The van der Waals surface area contributed by atoms with Crippen LogP contribution in [-0.2, 0) is 11.3 Å². The minimum Gasteiger partial charge on any atom is -0.384 e. The molecule has 0 fully saturated rings. The Bertz CT molecular complexity index is 368. The normalized spacial score (nSPS) is 11.3. The van der Waals surface area contributed by atoms with Gasteiger partial charge in [0.2, 0.25) is 0 Å². The molecular weight excluding hydrogens is 210 g/mol. The first kappa shape index (κ1) is 13.5. The Morgan fingerprint density at radius 1 is 1.29 bits per heavy atom. The summed E-state index contributed by atoms with van der Waals surface area (Å²) < 4.78 is 0. The van der Waals surface area contributed by atoms with Crippen LogP contribution in [0, 0.1) is 0 Å². The Balaban J connectivity index is 2.36. The van der Waals surface area contributed by atoms with Crippen LogP contribution in [0.3, 0.4) is 0 Å². The van der Waals surface area contributed by atoms with Gasteiger partial charge in [0.05, 0.1) is 0 Å². The molecule has 0 radical (unpaired) electrons. The minimum atomic E-state index is 0.213. The third-order valence-corrected chi connectivity index (χ3v) is 2.57. The summed E-state index contributed by atoms with van der Waals surface area (Å²) in [5.41, 5.74) is 2.16. The second kappa shape index (κ2) is 7.66. The molecule has 0 saturated carbocycles. The molecule has 1 aromatic carbocycles. The van der Waals surface area contributed by atoms with Gasteiger partial charge in [0.1, 0.15) is 0 Å². The van der Waals surface area contributed by atoms with Crippen molar-refractivity contribution in [3.05, 3.63) is 47.7 Å². The molecule has 0 heterocycles. The fraction of sp³-hybridized carbons (Fsp3) is 0.400. The average Bonchev–Trinajstić information content (AvgIpc) is 2.35. The Morgan fingerprint density at radius 3 is 2.65 bits per heavy atom. The molecule has 0 aliphatic carbocycles. The van der Waals surface area contributed by atoms with Crippen molar-refractivity contribution in [3.63, 3.8) is 0 Å². The number of rotatable bonds is 7. The number of carbonyl (C=O) groups is 1. The summed E-state index contributed by atoms with van der Waals surface area (Å²) in [6, 6.07) is 10.2. The summed E-state index contributed by atoms with van der Waals surface area (Å²) in [6.45, 7) is 4.80. The number of carbonyl (C=O) groups excluding carboxylic acids is 1. The summed E-state index contributed by atoms with van der Waals surface area (Å²) in [5.74, 6) is 0.213. The van der Waals surface area contributed by atoms with E-state index < -0.39 is 0 Å². The average molecular weight is 231 g/mol. The standard InChI is InChI=1S/C15H21NO/c1-3-4-10-15(17)11-13(2)16-12-14-8-6-5-7-9-14/h5-9,11,16H,3-4,10,12H2,1-2H3/b13-11+. The zero-order chi connectivity index (χ0) is 12.5. The summed E-state index contributed by atoms with van der Waals surface area (Å²) >= 11 is 0. The van der Waals surface area contributed by atoms with Crippen molar-refractivity contribution < 1.29 is 4.79 Å². The highest BCUT2D eigenvalue weighted by Crippen LogP contribution is 2.01. The Morgan fingerprint density at radius 2 is 2.00 bits per heavy atom. The fourth-order valence-corrected chi connectivity index (χ4v) is 1.55. The minimum absolute atomic E-state index is 0.213. The Hall–Kier alpha value is -1.57. The van der Waals surface area contributed by atoms with Crippen molar-refractivity contribution in [3.8, 4) is 0 Å². The van der Waals surface area contributed by atoms with E-state index in [2.05, 4.69) is 24.4 Å². The van der Waals surface area contributed by atoms with Crippen LogP contribution in [0.5, 0.6) is 0 Å². The highest BCUT2D eigenvalue weighted by atomic mass is 16.1. The molecule has 1 N–H and O–H groups in total. The summed E-state index contributed by atoms with van der Waals surface area (Å²) in [7, 11) is 0. The van der Waals surface area contributed by atoms with E-state index in [1.807, 2.05) is 25.1 Å². The van der Waals surface area contributed by atoms with Crippen molar-refractivity contribution in [1.29, 1.82) is 0 Å². The molecule has 92 valence electrons. The van der Waals surface area contributed by atoms with Gasteiger partial charge in [0, 0.05) is 18.7 Å². The van der Waals surface area contributed by atoms with E-state index in [0.29, 0.717) is 6.42 Å². The number of unbranched alkanes of at least 4 members (excludes halogenated alkanes) is 1. The molecule has 1 rings (SSSR count). The van der Waals surface area contributed by atoms with Gasteiger partial charge in [0.25, 0.3) is 0 Å². The van der Waals surface area contributed by atoms with E-state index in [1.165, 1.54) is 5.56 Å². The van der Waals surface area contributed by atoms with Crippen molar-refractivity contribution in [2.24, 2.45) is 0 Å². The fourth-order valence-electron chi connectivity index (χ4n) is 1.55. The molecule has 0 saturated heterocycles. The summed E-state index contributed by atoms with van der Waals surface area (Å²) in [5, 5.41) is 3.25. The van der Waals surface area contributed by atoms with Gasteiger partial charge < -0.3 is 5.32 Å². The Labute approximate surface area is 104 Å². The molecule has 0 unspecified atom stereocenters. The lowest BCUT2D eigenvalue weighted by Crippen LogP contribution is -2.11. The topological polar surface area (TPSA) is 29.1 Å². The lowest BCUT2D eigenvalue weighted by molar-refractivity contribution is -0.114. The van der Waals surface area contributed by atoms with Crippen molar-refractivity contribution in [2.75, 3.05) is 0 Å². The van der Waals surface area contributed by atoms with Crippen molar-refractivity contribution in [2.45, 2.75) is 39.7 Å². The number of hydrogen-bond donors (Lipinski definition) is 1. The molecule has 0 aliphatic heterocycles. The number of allylic oxidation sites excluding steroid dienone is 2. The Kier molecular flexibility index (Phi) is 6.08. The number of nitrogens with one attached hydrogen (secondary N) is 1. The van der Waals surface area contributed by atoms with Crippen LogP contribution in [0.25, 0.3) is 0 Å². The van der Waals surface area contributed by atoms with Crippen LogP contribution >= 0.6 is 0 Å². The van der Waals surface area contributed by atoms with Crippen LogP contribution < -0.4 is 5.32 Å². The maximum atomic E-state index is 11.5. The maximum Gasteiger partial charge on any atom is 0.157 e. The van der Waals surface area contributed by atoms with E-state index in [1.54, 1.807) is 6.08 Å². The SMILES string of the molecule is CCCCC(=O)/C=C(\C)NCc1ccccc1. The predicted molar refractivity (Wildman–Crippen MR) is 71.6 cm³/mol. The summed E-state index contributed by atoms with van der Waals surface area (Å²) in [6.07, 6.45) is 4.40. The van der Waals surface area contributed by atoms with Crippen molar-refractivity contribution >= 4 is 5.78 Å². The predicted octanol–water partition coefficient (Wildman–Crippen LogP) is 3.44. The van der Waals surface area contributed by atoms with Gasteiger partial charge in [-0.15, -0.1) is 0 Å². The van der Waals surface area contributed by atoms with Crippen LogP contribution in [0.1, 0.15) is 38.7 Å². The highest BCUT2D eigenvalue weighted by molar-refractivity contribution is 5.90. The van der Waals surface area contributed by atoms with E-state index in [4.69, 9.17) is 0 Å². The first-order chi connectivity index (χ1) is 8.22. The molecule has 0 spiro atoms. The monoisotopic (exact) mass is 231 g/mol. The number of hydrogen-bond acceptors (Lipinski definition) is 2. The second-order valence-electron chi connectivity index (χ2n) is 4.24. The van der Waals surface area contributed by atoms with Crippen LogP contribution in [0.2, 0.25) is 0 Å². The number of benzene rings is 1. The van der Waals surface area contributed by atoms with Crippen molar-refractivity contribution in [1.82, 2.24) is 5.32 Å². The largest absolute Gasteiger partial charge is 0.384 e. The molecule has 0 atom stereocenters. The molecule has 1 aromatic rings. The maximum absolute atomic E-state index is 11.5. The zero-order valence-electron chi connectivity index (χ0n) is 10.7. The molecule has 0 aromatic heterocycles. The van der Waals surface area contributed by atoms with Gasteiger partial charge >= 0.3 is 0 Å². The van der Waals surface area contributed by atoms with Gasteiger partial charge in [-0.1, -0.05) is 43.7 Å². The van der Waals surface area contributed by atoms with E-state index in [9.17, 15) is 4.79 Å². The zero-order valence-corrected chi connectivity index (χ0v) is 10.7. The molecule has 0 bridgehead atoms. The van der Waals surface area contributed by atoms with Gasteiger partial charge in [-0.2, -0.15) is 0 Å². The van der Waals surface area contributed by atoms with Gasteiger partial charge in [0.15, 0.2) is 5.78 Å². The highest BCUT2D eigenvalue weighted by Gasteiger charge is 1.98. The molecule has 17 heavy (non-hydrogen) atoms.